The van der Waals surface area contributed by atoms with Crippen molar-refractivity contribution in [3.63, 3.8) is 0 Å². The van der Waals surface area contributed by atoms with Crippen LogP contribution in [-0.4, -0.2) is 4.98 Å². The summed E-state index contributed by atoms with van der Waals surface area (Å²) in [7, 11) is 0. The highest BCUT2D eigenvalue weighted by Crippen LogP contribution is 2.28. The molecule has 0 aliphatic heterocycles. The monoisotopic (exact) mass is 216 g/mol. The van der Waals surface area contributed by atoms with Gasteiger partial charge < -0.3 is 0 Å². The number of nitriles is 1. The molecule has 2 heteroatoms. The van der Waals surface area contributed by atoms with E-state index in [0.717, 1.165) is 16.8 Å². The third-order valence-corrected chi connectivity index (χ3v) is 2.60. The number of aromatic nitrogens is 1. The fourth-order valence-electron chi connectivity index (χ4n) is 1.56. The van der Waals surface area contributed by atoms with Gasteiger partial charge in [0, 0.05) is 17.3 Å². The number of hydrogen-bond acceptors (Lipinski definition) is 2. The lowest BCUT2D eigenvalue weighted by molar-refractivity contribution is 0.555. The van der Waals surface area contributed by atoms with Crippen molar-refractivity contribution in [1.82, 2.24) is 4.98 Å². The Morgan fingerprint density at radius 3 is 2.00 bits per heavy atom. The van der Waals surface area contributed by atoms with Gasteiger partial charge in [-0.1, -0.05) is 41.5 Å². The average Bonchev–Trinajstić information content (AvgIpc) is 2.14. The Hall–Kier alpha value is -1.36. The molecular weight excluding hydrogens is 196 g/mol. The number of hydrogen-bond donors (Lipinski definition) is 0. The molecule has 0 atom stereocenters. The Kier molecular flexibility index (Phi) is 3.10. The van der Waals surface area contributed by atoms with Crippen LogP contribution in [0.15, 0.2) is 12.3 Å². The Bertz CT molecular complexity index is 426. The molecule has 0 bridgehead atoms. The predicted molar refractivity (Wildman–Crippen MR) is 66.4 cm³/mol. The molecule has 0 N–H and O–H groups in total. The molecule has 0 aliphatic carbocycles. The van der Waals surface area contributed by atoms with Gasteiger partial charge in [-0.25, -0.2) is 0 Å². The van der Waals surface area contributed by atoms with E-state index in [4.69, 9.17) is 0 Å². The Labute approximate surface area is 98.3 Å². The first-order valence-electron chi connectivity index (χ1n) is 5.57. The third kappa shape index (κ3) is 2.61. The lowest BCUT2D eigenvalue weighted by Gasteiger charge is -2.23. The van der Waals surface area contributed by atoms with Gasteiger partial charge in [-0.2, -0.15) is 5.26 Å². The summed E-state index contributed by atoms with van der Waals surface area (Å²) in [6.07, 6.45) is 1.85. The topological polar surface area (TPSA) is 36.7 Å². The molecule has 0 aromatic carbocycles. The second-order valence-electron chi connectivity index (χ2n) is 6.23. The molecule has 1 aromatic heterocycles. The van der Waals surface area contributed by atoms with Crippen molar-refractivity contribution in [1.29, 1.82) is 5.26 Å². The van der Waals surface area contributed by atoms with Crippen LogP contribution >= 0.6 is 0 Å². The molecule has 0 saturated carbocycles. The summed E-state index contributed by atoms with van der Waals surface area (Å²) in [4.78, 5) is 4.47. The van der Waals surface area contributed by atoms with Crippen LogP contribution in [0.4, 0.5) is 0 Å². The molecule has 0 amide bonds. The summed E-state index contributed by atoms with van der Waals surface area (Å²) in [6.45, 7) is 12.6. The van der Waals surface area contributed by atoms with E-state index in [0.29, 0.717) is 0 Å². The van der Waals surface area contributed by atoms with Crippen molar-refractivity contribution in [2.75, 3.05) is 0 Å². The van der Waals surface area contributed by atoms with Gasteiger partial charge in [0.1, 0.15) is 0 Å². The van der Waals surface area contributed by atoms with E-state index in [1.807, 2.05) is 12.3 Å². The van der Waals surface area contributed by atoms with Gasteiger partial charge in [-0.05, 0) is 17.0 Å². The van der Waals surface area contributed by atoms with Gasteiger partial charge in [0.25, 0.3) is 0 Å². The zero-order chi connectivity index (χ0) is 12.6. The second kappa shape index (κ2) is 3.90. The molecule has 16 heavy (non-hydrogen) atoms. The molecule has 86 valence electrons. The molecule has 0 fully saturated rings. The molecule has 1 aromatic rings. The van der Waals surface area contributed by atoms with Gasteiger partial charge in [0.2, 0.25) is 0 Å². The fraction of sp³-hybridized carbons (Fsp3) is 0.571. The first-order chi connectivity index (χ1) is 7.16. The van der Waals surface area contributed by atoms with Crippen LogP contribution in [0.1, 0.15) is 58.4 Å². The van der Waals surface area contributed by atoms with Crippen LogP contribution in [0.3, 0.4) is 0 Å². The minimum Gasteiger partial charge on any atom is -0.260 e. The summed E-state index contributed by atoms with van der Waals surface area (Å²) >= 11 is 0. The van der Waals surface area contributed by atoms with Gasteiger partial charge in [-0.15, -0.1) is 0 Å². The predicted octanol–water partition coefficient (Wildman–Crippen LogP) is 3.55. The molecule has 2 nitrogen and oxygen atoms in total. The first-order valence-corrected chi connectivity index (χ1v) is 5.57. The Morgan fingerprint density at radius 2 is 1.62 bits per heavy atom. The van der Waals surface area contributed by atoms with Crippen LogP contribution < -0.4 is 0 Å². The average molecular weight is 216 g/mol. The standard InChI is InChI=1S/C14H20N2/c1-13(2,3)11-9-16-12(14(4,5)6)7-10(11)8-15/h7,9H,1-6H3. The molecule has 0 saturated heterocycles. The van der Waals surface area contributed by atoms with E-state index >= 15 is 0 Å². The van der Waals surface area contributed by atoms with Crippen molar-refractivity contribution in [2.45, 2.75) is 52.4 Å². The largest absolute Gasteiger partial charge is 0.260 e. The van der Waals surface area contributed by atoms with Gasteiger partial charge in [0.15, 0.2) is 0 Å². The molecule has 1 rings (SSSR count). The van der Waals surface area contributed by atoms with E-state index in [2.05, 4.69) is 52.6 Å². The van der Waals surface area contributed by atoms with Crippen LogP contribution in [0.25, 0.3) is 0 Å². The normalized spacial score (nSPS) is 12.3. The van der Waals surface area contributed by atoms with Crippen LogP contribution in [-0.2, 0) is 10.8 Å². The lowest BCUT2D eigenvalue weighted by Crippen LogP contribution is -2.18. The van der Waals surface area contributed by atoms with Gasteiger partial charge in [-0.3, -0.25) is 4.98 Å². The van der Waals surface area contributed by atoms with Crippen molar-refractivity contribution < 1.29 is 0 Å². The fourth-order valence-corrected chi connectivity index (χ4v) is 1.56. The van der Waals surface area contributed by atoms with Gasteiger partial charge in [0.05, 0.1) is 11.6 Å². The lowest BCUT2D eigenvalue weighted by atomic mass is 9.83. The Morgan fingerprint density at radius 1 is 1.06 bits per heavy atom. The minimum atomic E-state index is -0.0333. The smallest absolute Gasteiger partial charge is 0.0996 e. The third-order valence-electron chi connectivity index (χ3n) is 2.60. The zero-order valence-electron chi connectivity index (χ0n) is 11.0. The van der Waals surface area contributed by atoms with Crippen molar-refractivity contribution in [2.24, 2.45) is 0 Å². The first kappa shape index (κ1) is 12.7. The van der Waals surface area contributed by atoms with E-state index < -0.39 is 0 Å². The summed E-state index contributed by atoms with van der Waals surface area (Å²) in [5.41, 5.74) is 2.68. The highest BCUT2D eigenvalue weighted by Gasteiger charge is 2.22. The van der Waals surface area contributed by atoms with Crippen molar-refractivity contribution >= 4 is 0 Å². The highest BCUT2D eigenvalue weighted by atomic mass is 14.7. The maximum absolute atomic E-state index is 9.19. The van der Waals surface area contributed by atoms with E-state index in [-0.39, 0.29) is 10.8 Å². The molecule has 0 aliphatic rings. The van der Waals surface area contributed by atoms with E-state index in [1.54, 1.807) is 0 Å². The molecule has 0 radical (unpaired) electrons. The van der Waals surface area contributed by atoms with Crippen LogP contribution in [0.5, 0.6) is 0 Å². The maximum Gasteiger partial charge on any atom is 0.0996 e. The van der Waals surface area contributed by atoms with Crippen LogP contribution in [0.2, 0.25) is 0 Å². The number of nitrogens with zero attached hydrogens (tertiary/aromatic N) is 2. The summed E-state index contributed by atoms with van der Waals surface area (Å²) in [6, 6.07) is 4.19. The van der Waals surface area contributed by atoms with Crippen molar-refractivity contribution in [3.8, 4) is 6.07 Å². The van der Waals surface area contributed by atoms with E-state index in [1.165, 1.54) is 0 Å². The van der Waals surface area contributed by atoms with Gasteiger partial charge >= 0.3 is 0 Å². The SMILES string of the molecule is CC(C)(C)c1cc(C#N)c(C(C)(C)C)cn1. The highest BCUT2D eigenvalue weighted by molar-refractivity contribution is 5.42. The molecule has 1 heterocycles. The second-order valence-corrected chi connectivity index (χ2v) is 6.23. The zero-order valence-corrected chi connectivity index (χ0v) is 11.0. The number of rotatable bonds is 0. The summed E-state index contributed by atoms with van der Waals surface area (Å²) in [5.74, 6) is 0. The van der Waals surface area contributed by atoms with Crippen LogP contribution in [0, 0.1) is 11.3 Å². The quantitative estimate of drug-likeness (QED) is 0.665. The van der Waals surface area contributed by atoms with E-state index in [9.17, 15) is 5.26 Å². The number of pyridine rings is 1. The van der Waals surface area contributed by atoms with Crippen molar-refractivity contribution in [3.05, 3.63) is 29.1 Å². The molecular formula is C14H20N2. The maximum atomic E-state index is 9.19. The summed E-state index contributed by atoms with van der Waals surface area (Å²) in [5, 5.41) is 9.19. The minimum absolute atomic E-state index is 0.0119. The molecule has 0 spiro atoms. The summed E-state index contributed by atoms with van der Waals surface area (Å²) < 4.78 is 0. The Balaban J connectivity index is 3.36. The molecule has 0 unspecified atom stereocenters.